The van der Waals surface area contributed by atoms with Crippen LogP contribution in [0.4, 0.5) is 0 Å². The van der Waals surface area contributed by atoms with Crippen molar-refractivity contribution >= 4 is 29.6 Å². The Morgan fingerprint density at radius 2 is 1.23 bits per heavy atom. The third-order valence-corrected chi connectivity index (χ3v) is 7.15. The van der Waals surface area contributed by atoms with Crippen LogP contribution in [0.3, 0.4) is 0 Å². The van der Waals surface area contributed by atoms with Crippen LogP contribution in [0.1, 0.15) is 17.0 Å². The fourth-order valence-corrected chi connectivity index (χ4v) is 5.48. The molecule has 0 aliphatic carbocycles. The van der Waals surface area contributed by atoms with Crippen molar-refractivity contribution in [2.75, 3.05) is 0 Å². The van der Waals surface area contributed by atoms with E-state index in [2.05, 4.69) is 78.9 Å². The molecular weight excluding hydrogens is 335 g/mol. The molecule has 26 heavy (non-hydrogen) atoms. The van der Waals surface area contributed by atoms with Crippen molar-refractivity contribution < 1.29 is 0 Å². The predicted molar refractivity (Wildman–Crippen MR) is 112 cm³/mol. The van der Waals surface area contributed by atoms with Gasteiger partial charge in [-0.05, 0) is 44.0 Å². The van der Waals surface area contributed by atoms with Crippen LogP contribution >= 0.6 is 7.92 Å². The second-order valence-corrected chi connectivity index (χ2v) is 8.64. The van der Waals surface area contributed by atoms with E-state index < -0.39 is 7.92 Å². The number of fused-ring (bicyclic) bond motifs is 1. The van der Waals surface area contributed by atoms with Crippen molar-refractivity contribution in [1.82, 2.24) is 9.97 Å². The molecule has 4 rings (SSSR count). The molecular formula is C23H21N2P. The maximum Gasteiger partial charge on any atom is 0.0925 e. The molecule has 0 aliphatic heterocycles. The van der Waals surface area contributed by atoms with E-state index in [1.165, 1.54) is 16.2 Å². The largest absolute Gasteiger partial charge is 0.250 e. The van der Waals surface area contributed by atoms with E-state index in [1.54, 1.807) is 0 Å². The molecule has 3 aromatic carbocycles. The number of rotatable bonds is 4. The monoisotopic (exact) mass is 356 g/mol. The lowest BCUT2D eigenvalue weighted by Gasteiger charge is -2.19. The third kappa shape index (κ3) is 3.38. The average molecular weight is 356 g/mol. The Bertz CT molecular complexity index is 990. The minimum absolute atomic E-state index is 0.485. The first-order valence-corrected chi connectivity index (χ1v) is 10.4. The van der Waals surface area contributed by atoms with Gasteiger partial charge in [-0.15, -0.1) is 0 Å². The zero-order chi connectivity index (χ0) is 17.9. The summed E-state index contributed by atoms with van der Waals surface area (Å²) in [5.41, 5.74) is 5.31. The summed E-state index contributed by atoms with van der Waals surface area (Å²) < 4.78 is 0. The second kappa shape index (κ2) is 7.35. The van der Waals surface area contributed by atoms with Gasteiger partial charge in [0.15, 0.2) is 0 Å². The Morgan fingerprint density at radius 1 is 0.654 bits per heavy atom. The Morgan fingerprint density at radius 3 is 1.85 bits per heavy atom. The van der Waals surface area contributed by atoms with Crippen LogP contribution in [-0.4, -0.2) is 9.97 Å². The summed E-state index contributed by atoms with van der Waals surface area (Å²) in [5.74, 6) is 0. The van der Waals surface area contributed by atoms with Crippen molar-refractivity contribution in [3.8, 4) is 0 Å². The summed E-state index contributed by atoms with van der Waals surface area (Å²) in [6.07, 6.45) is 0.970. The molecule has 0 amide bonds. The van der Waals surface area contributed by atoms with Crippen LogP contribution in [-0.2, 0) is 6.16 Å². The summed E-state index contributed by atoms with van der Waals surface area (Å²) in [4.78, 5) is 9.60. The van der Waals surface area contributed by atoms with Crippen LogP contribution in [0, 0.1) is 13.8 Å². The first kappa shape index (κ1) is 16.9. The normalized spacial score (nSPS) is 11.2. The third-order valence-electron chi connectivity index (χ3n) is 4.65. The lowest BCUT2D eigenvalue weighted by Crippen LogP contribution is -2.13. The van der Waals surface area contributed by atoms with Gasteiger partial charge in [0, 0.05) is 6.16 Å². The number of nitrogens with zero attached hydrogens (tertiary/aromatic N) is 2. The molecule has 4 aromatic rings. The topological polar surface area (TPSA) is 25.8 Å². The van der Waals surface area contributed by atoms with Crippen molar-refractivity contribution in [2.24, 2.45) is 0 Å². The Labute approximate surface area is 155 Å². The molecule has 0 bridgehead atoms. The van der Waals surface area contributed by atoms with E-state index in [9.17, 15) is 0 Å². The van der Waals surface area contributed by atoms with Gasteiger partial charge in [-0.3, -0.25) is 0 Å². The van der Waals surface area contributed by atoms with Crippen LogP contribution in [0.25, 0.3) is 11.0 Å². The van der Waals surface area contributed by atoms with Crippen molar-refractivity contribution in [1.29, 1.82) is 0 Å². The van der Waals surface area contributed by atoms with Gasteiger partial charge < -0.3 is 0 Å². The number of benzene rings is 3. The van der Waals surface area contributed by atoms with Crippen LogP contribution < -0.4 is 10.6 Å². The van der Waals surface area contributed by atoms with E-state index in [0.717, 1.165) is 28.6 Å². The van der Waals surface area contributed by atoms with Gasteiger partial charge in [-0.1, -0.05) is 72.8 Å². The summed E-state index contributed by atoms with van der Waals surface area (Å²) in [6.45, 7) is 4.06. The van der Waals surface area contributed by atoms with Gasteiger partial charge >= 0.3 is 0 Å². The van der Waals surface area contributed by atoms with Gasteiger partial charge in [0.2, 0.25) is 0 Å². The summed E-state index contributed by atoms with van der Waals surface area (Å²) in [7, 11) is -0.485. The number of hydrogen-bond acceptors (Lipinski definition) is 2. The maximum atomic E-state index is 4.86. The van der Waals surface area contributed by atoms with E-state index >= 15 is 0 Å². The van der Waals surface area contributed by atoms with Gasteiger partial charge in [0.25, 0.3) is 0 Å². The molecule has 0 saturated heterocycles. The summed E-state index contributed by atoms with van der Waals surface area (Å²) in [6, 6.07) is 28.0. The van der Waals surface area contributed by atoms with Gasteiger partial charge in [0.1, 0.15) is 0 Å². The molecule has 1 heterocycles. The molecule has 2 nitrogen and oxygen atoms in total. The maximum absolute atomic E-state index is 4.86. The van der Waals surface area contributed by atoms with Crippen LogP contribution in [0.2, 0.25) is 0 Å². The highest BCUT2D eigenvalue weighted by Crippen LogP contribution is 2.39. The quantitative estimate of drug-likeness (QED) is 0.487. The molecule has 3 heteroatoms. The van der Waals surface area contributed by atoms with Crippen LogP contribution in [0.15, 0.2) is 78.9 Å². The fourth-order valence-electron chi connectivity index (χ4n) is 3.15. The minimum atomic E-state index is -0.485. The van der Waals surface area contributed by atoms with Crippen molar-refractivity contribution in [3.05, 3.63) is 95.8 Å². The molecule has 0 N–H and O–H groups in total. The SMILES string of the molecule is Cc1nc2cccc(CP(c3ccccc3)c3ccccc3)c2nc1C. The van der Waals surface area contributed by atoms with Crippen LogP contribution in [0.5, 0.6) is 0 Å². The van der Waals surface area contributed by atoms with Gasteiger partial charge in [-0.2, -0.15) is 0 Å². The Balaban J connectivity index is 1.82. The van der Waals surface area contributed by atoms with E-state index in [0.29, 0.717) is 0 Å². The van der Waals surface area contributed by atoms with Crippen molar-refractivity contribution in [3.63, 3.8) is 0 Å². The number of aryl methyl sites for hydroxylation is 2. The highest BCUT2D eigenvalue weighted by atomic mass is 31.1. The van der Waals surface area contributed by atoms with Crippen molar-refractivity contribution in [2.45, 2.75) is 20.0 Å². The molecule has 128 valence electrons. The first-order valence-electron chi connectivity index (χ1n) is 8.83. The standard InChI is InChI=1S/C23H21N2P/c1-17-18(2)25-23-19(10-9-15-22(23)24-17)16-26(20-11-5-3-6-12-20)21-13-7-4-8-14-21/h3-15H,16H2,1-2H3. The van der Waals surface area contributed by atoms with Gasteiger partial charge in [-0.25, -0.2) is 9.97 Å². The zero-order valence-electron chi connectivity index (χ0n) is 15.1. The zero-order valence-corrected chi connectivity index (χ0v) is 15.9. The van der Waals surface area contributed by atoms with E-state index in [1.807, 2.05) is 13.8 Å². The fraction of sp³-hybridized carbons (Fsp3) is 0.130. The smallest absolute Gasteiger partial charge is 0.0925 e. The minimum Gasteiger partial charge on any atom is -0.250 e. The highest BCUT2D eigenvalue weighted by Gasteiger charge is 2.16. The van der Waals surface area contributed by atoms with E-state index in [-0.39, 0.29) is 0 Å². The van der Waals surface area contributed by atoms with Gasteiger partial charge in [0.05, 0.1) is 22.4 Å². The molecule has 0 unspecified atom stereocenters. The summed E-state index contributed by atoms with van der Waals surface area (Å²) in [5, 5.41) is 2.78. The molecule has 0 aliphatic rings. The lowest BCUT2D eigenvalue weighted by atomic mass is 10.2. The predicted octanol–water partition coefficient (Wildman–Crippen LogP) is 4.88. The molecule has 1 aromatic heterocycles. The highest BCUT2D eigenvalue weighted by molar-refractivity contribution is 7.72. The number of para-hydroxylation sites is 1. The Hall–Kier alpha value is -2.57. The molecule has 0 spiro atoms. The summed E-state index contributed by atoms with van der Waals surface area (Å²) >= 11 is 0. The molecule has 0 radical (unpaired) electrons. The average Bonchev–Trinajstić information content (AvgIpc) is 2.68. The van der Waals surface area contributed by atoms with E-state index in [4.69, 9.17) is 9.97 Å². The number of aromatic nitrogens is 2. The second-order valence-electron chi connectivity index (χ2n) is 6.44. The Kier molecular flexibility index (Phi) is 4.77. The lowest BCUT2D eigenvalue weighted by molar-refractivity contribution is 1.09. The molecule has 0 fully saturated rings. The number of hydrogen-bond donors (Lipinski definition) is 0. The molecule has 0 atom stereocenters. The molecule has 0 saturated carbocycles. The first-order chi connectivity index (χ1) is 12.7.